The molecule has 0 unspecified atom stereocenters. The summed E-state index contributed by atoms with van der Waals surface area (Å²) >= 11 is 0. The number of fused-ring (bicyclic) bond motifs is 12. The van der Waals surface area contributed by atoms with Crippen molar-refractivity contribution < 1.29 is 0 Å². The van der Waals surface area contributed by atoms with Gasteiger partial charge < -0.3 is 9.47 Å². The molecule has 1 spiro atoms. The van der Waals surface area contributed by atoms with Gasteiger partial charge in [0.1, 0.15) is 0 Å². The number of aromatic nitrogens is 1. The van der Waals surface area contributed by atoms with Crippen LogP contribution in [0.1, 0.15) is 27.8 Å². The van der Waals surface area contributed by atoms with Crippen molar-refractivity contribution >= 4 is 49.6 Å². The van der Waals surface area contributed by atoms with Crippen molar-refractivity contribution in [3.05, 3.63) is 258 Å². The number of hydrogen-bond donors (Lipinski definition) is 0. The first-order valence-corrected chi connectivity index (χ1v) is 21.6. The highest BCUT2D eigenvalue weighted by atomic mass is 15.1. The number of nitrogens with zero attached hydrogens (tertiary/aromatic N) is 2. The number of rotatable bonds is 6. The summed E-state index contributed by atoms with van der Waals surface area (Å²) in [6.07, 6.45) is 0. The molecule has 1 heterocycles. The molecular weight excluding hydrogens is 749 g/mol. The Hall–Kier alpha value is -7.94. The second-order valence-corrected chi connectivity index (χ2v) is 16.8. The van der Waals surface area contributed by atoms with Gasteiger partial charge in [-0.2, -0.15) is 0 Å². The maximum atomic E-state index is 2.52. The topological polar surface area (TPSA) is 8.17 Å². The van der Waals surface area contributed by atoms with Gasteiger partial charge in [0, 0.05) is 39.8 Å². The van der Waals surface area contributed by atoms with E-state index in [1.807, 2.05) is 0 Å². The Balaban J connectivity index is 1.12. The van der Waals surface area contributed by atoms with Gasteiger partial charge in [-0.25, -0.2) is 0 Å². The van der Waals surface area contributed by atoms with Gasteiger partial charge in [-0.05, 0) is 103 Å². The Kier molecular flexibility index (Phi) is 7.62. The SMILES string of the molecule is c1ccc(Cn2c3ccccc3c3ccc(N(c4ccc5c(c4)C4(c6ccccc6-c6ccccc64)c4cccc6cccc-5c46)c4ccccc4-c4ccccc4)cc32)cc1. The minimum Gasteiger partial charge on any atom is -0.336 e. The van der Waals surface area contributed by atoms with Crippen LogP contribution in [0.2, 0.25) is 0 Å². The normalized spacial score (nSPS) is 13.0. The predicted molar refractivity (Wildman–Crippen MR) is 259 cm³/mol. The highest BCUT2D eigenvalue weighted by Crippen LogP contribution is 2.62. The van der Waals surface area contributed by atoms with Gasteiger partial charge in [0.05, 0.1) is 16.6 Å². The maximum Gasteiger partial charge on any atom is 0.0726 e. The van der Waals surface area contributed by atoms with Crippen LogP contribution >= 0.6 is 0 Å². The lowest BCUT2D eigenvalue weighted by Gasteiger charge is -2.41. The second kappa shape index (κ2) is 13.5. The Morgan fingerprint density at radius 1 is 0.371 bits per heavy atom. The largest absolute Gasteiger partial charge is 0.336 e. The summed E-state index contributed by atoms with van der Waals surface area (Å²) in [6, 6.07) is 85.8. The minimum atomic E-state index is -0.525. The van der Waals surface area contributed by atoms with E-state index in [0.29, 0.717) is 0 Å². The van der Waals surface area contributed by atoms with Crippen molar-refractivity contribution in [3.63, 3.8) is 0 Å². The molecule has 62 heavy (non-hydrogen) atoms. The van der Waals surface area contributed by atoms with E-state index in [-0.39, 0.29) is 0 Å². The number of anilines is 3. The molecular formula is C60H40N2. The monoisotopic (exact) mass is 788 g/mol. The number of hydrogen-bond acceptors (Lipinski definition) is 1. The van der Waals surface area contributed by atoms with E-state index in [1.54, 1.807) is 0 Å². The summed E-state index contributed by atoms with van der Waals surface area (Å²) < 4.78 is 2.50. The lowest BCUT2D eigenvalue weighted by atomic mass is 9.61. The third kappa shape index (κ3) is 4.92. The molecule has 13 rings (SSSR count). The molecule has 2 aliphatic carbocycles. The van der Waals surface area contributed by atoms with Crippen LogP contribution in [0.4, 0.5) is 17.1 Å². The minimum absolute atomic E-state index is 0.525. The zero-order valence-corrected chi connectivity index (χ0v) is 34.0. The van der Waals surface area contributed by atoms with Gasteiger partial charge in [-0.3, -0.25) is 0 Å². The molecule has 2 nitrogen and oxygen atoms in total. The van der Waals surface area contributed by atoms with Gasteiger partial charge in [-0.1, -0.05) is 194 Å². The molecule has 0 saturated carbocycles. The van der Waals surface area contributed by atoms with Crippen LogP contribution in [0.15, 0.2) is 231 Å². The molecule has 0 bridgehead atoms. The highest BCUT2D eigenvalue weighted by molar-refractivity contribution is 6.10. The van der Waals surface area contributed by atoms with E-state index < -0.39 is 5.41 Å². The third-order valence-electron chi connectivity index (χ3n) is 13.6. The van der Waals surface area contributed by atoms with Gasteiger partial charge in [0.25, 0.3) is 0 Å². The molecule has 290 valence electrons. The number of benzene rings is 10. The van der Waals surface area contributed by atoms with Crippen LogP contribution in [0, 0.1) is 0 Å². The molecule has 1 aromatic heterocycles. The first-order chi connectivity index (χ1) is 30.8. The zero-order chi connectivity index (χ0) is 40.8. The van der Waals surface area contributed by atoms with Crippen molar-refractivity contribution in [2.75, 3.05) is 4.90 Å². The van der Waals surface area contributed by atoms with Crippen molar-refractivity contribution in [1.82, 2.24) is 4.57 Å². The van der Waals surface area contributed by atoms with E-state index in [4.69, 9.17) is 0 Å². The number of para-hydroxylation sites is 2. The first kappa shape index (κ1) is 34.9. The smallest absolute Gasteiger partial charge is 0.0726 e. The zero-order valence-electron chi connectivity index (χ0n) is 34.0. The molecule has 0 aliphatic heterocycles. The predicted octanol–water partition coefficient (Wildman–Crippen LogP) is 15.5. The van der Waals surface area contributed by atoms with Crippen LogP contribution in [0.3, 0.4) is 0 Å². The van der Waals surface area contributed by atoms with E-state index >= 15 is 0 Å². The third-order valence-corrected chi connectivity index (χ3v) is 13.6. The summed E-state index contributed by atoms with van der Waals surface area (Å²) in [5.74, 6) is 0. The molecule has 0 radical (unpaired) electrons. The van der Waals surface area contributed by atoms with Crippen LogP contribution < -0.4 is 4.90 Å². The van der Waals surface area contributed by atoms with Crippen LogP contribution in [-0.4, -0.2) is 4.57 Å². The van der Waals surface area contributed by atoms with Crippen molar-refractivity contribution in [2.24, 2.45) is 0 Å². The molecule has 11 aromatic rings. The Labute approximate surface area is 361 Å². The Bertz CT molecular complexity index is 3510. The lowest BCUT2D eigenvalue weighted by Crippen LogP contribution is -2.32. The summed E-state index contributed by atoms with van der Waals surface area (Å²) in [4.78, 5) is 2.51. The van der Waals surface area contributed by atoms with Gasteiger partial charge in [-0.15, -0.1) is 0 Å². The van der Waals surface area contributed by atoms with E-state index in [9.17, 15) is 0 Å². The lowest BCUT2D eigenvalue weighted by molar-refractivity contribution is 0.773. The molecule has 2 aliphatic rings. The summed E-state index contributed by atoms with van der Waals surface area (Å²) in [7, 11) is 0. The van der Waals surface area contributed by atoms with Gasteiger partial charge >= 0.3 is 0 Å². The highest BCUT2D eigenvalue weighted by Gasteiger charge is 2.50. The van der Waals surface area contributed by atoms with Gasteiger partial charge in [0.2, 0.25) is 0 Å². The van der Waals surface area contributed by atoms with E-state index in [2.05, 4.69) is 240 Å². The second-order valence-electron chi connectivity index (χ2n) is 16.8. The summed E-state index contributed by atoms with van der Waals surface area (Å²) in [5.41, 5.74) is 19.4. The van der Waals surface area contributed by atoms with E-state index in [0.717, 1.165) is 23.6 Å². The van der Waals surface area contributed by atoms with Crippen molar-refractivity contribution in [2.45, 2.75) is 12.0 Å². The fourth-order valence-electron chi connectivity index (χ4n) is 11.1. The quantitative estimate of drug-likeness (QED) is 0.163. The summed E-state index contributed by atoms with van der Waals surface area (Å²) in [6.45, 7) is 0.778. The Morgan fingerprint density at radius 3 is 1.73 bits per heavy atom. The van der Waals surface area contributed by atoms with Crippen LogP contribution in [-0.2, 0) is 12.0 Å². The molecule has 0 fully saturated rings. The molecule has 0 N–H and O–H groups in total. The van der Waals surface area contributed by atoms with Crippen LogP contribution in [0.25, 0.3) is 66.0 Å². The molecule has 2 heteroatoms. The molecule has 10 aromatic carbocycles. The standard InChI is InChI=1S/C60H40N2/c1-3-17-40(18-4-1)39-61-56-31-13-10-26-49(56)50-36-34-44(38-58(50)61)62(57-32-14-9-23-45(57)41-19-5-2-6-20-41)43-33-35-48-51-27-15-21-42-22-16-30-54(59(42)51)60(55(48)37-43)52-28-11-7-24-46(52)47-25-8-12-29-53(47)60/h1-38H,39H2. The van der Waals surface area contributed by atoms with Crippen molar-refractivity contribution in [1.29, 1.82) is 0 Å². The van der Waals surface area contributed by atoms with Gasteiger partial charge in [0.15, 0.2) is 0 Å². The fraction of sp³-hybridized carbons (Fsp3) is 0.0333. The molecule has 0 atom stereocenters. The summed E-state index contributed by atoms with van der Waals surface area (Å²) in [5, 5.41) is 5.13. The molecule has 0 saturated heterocycles. The molecule has 0 amide bonds. The van der Waals surface area contributed by atoms with E-state index in [1.165, 1.54) is 93.8 Å². The maximum absolute atomic E-state index is 2.52. The van der Waals surface area contributed by atoms with Crippen LogP contribution in [0.5, 0.6) is 0 Å². The average Bonchev–Trinajstić information content (AvgIpc) is 3.81. The first-order valence-electron chi connectivity index (χ1n) is 21.6. The fourth-order valence-corrected chi connectivity index (χ4v) is 11.1. The average molecular weight is 789 g/mol. The Morgan fingerprint density at radius 2 is 0.935 bits per heavy atom. The van der Waals surface area contributed by atoms with Crippen molar-refractivity contribution in [3.8, 4) is 33.4 Å².